The zero-order valence-electron chi connectivity index (χ0n) is 8.80. The molecule has 1 unspecified atom stereocenters. The first-order chi connectivity index (χ1) is 5.66. The largest absolute Gasteiger partial charge is 0.379 e. The summed E-state index contributed by atoms with van der Waals surface area (Å²) < 4.78 is 10.8. The summed E-state index contributed by atoms with van der Waals surface area (Å²) in [7, 11) is 0. The lowest BCUT2D eigenvalue weighted by molar-refractivity contribution is -0.00669. The number of ether oxygens (including phenoxy) is 2. The molecule has 0 saturated carbocycles. The van der Waals surface area contributed by atoms with Crippen LogP contribution in [-0.2, 0) is 9.47 Å². The zero-order chi connectivity index (χ0) is 9.40. The standard InChI is InChI=1S/C10H22O2/c1-5-11-8-10(4)12-7-6-9(2)3/h9-10H,5-8H2,1-4H3. The summed E-state index contributed by atoms with van der Waals surface area (Å²) in [5.41, 5.74) is 0. The molecule has 0 aromatic heterocycles. The maximum Gasteiger partial charge on any atom is 0.0780 e. The Morgan fingerprint density at radius 1 is 1.17 bits per heavy atom. The van der Waals surface area contributed by atoms with E-state index in [1.807, 2.05) is 6.92 Å². The minimum atomic E-state index is 0.240. The van der Waals surface area contributed by atoms with Crippen molar-refractivity contribution in [2.75, 3.05) is 19.8 Å². The predicted molar refractivity (Wildman–Crippen MR) is 51.4 cm³/mol. The monoisotopic (exact) mass is 174 g/mol. The molecule has 0 aromatic rings. The van der Waals surface area contributed by atoms with Crippen molar-refractivity contribution in [1.29, 1.82) is 0 Å². The maximum atomic E-state index is 5.53. The van der Waals surface area contributed by atoms with E-state index in [0.29, 0.717) is 6.61 Å². The Kier molecular flexibility index (Phi) is 7.51. The highest BCUT2D eigenvalue weighted by molar-refractivity contribution is 4.49. The van der Waals surface area contributed by atoms with E-state index in [1.54, 1.807) is 0 Å². The van der Waals surface area contributed by atoms with Crippen LogP contribution in [0.1, 0.15) is 34.1 Å². The quantitative estimate of drug-likeness (QED) is 0.590. The molecule has 0 bridgehead atoms. The van der Waals surface area contributed by atoms with Crippen molar-refractivity contribution in [2.45, 2.75) is 40.2 Å². The molecule has 0 radical (unpaired) electrons. The third-order valence-electron chi connectivity index (χ3n) is 1.65. The Morgan fingerprint density at radius 2 is 1.83 bits per heavy atom. The highest BCUT2D eigenvalue weighted by Crippen LogP contribution is 2.01. The van der Waals surface area contributed by atoms with Gasteiger partial charge in [-0.05, 0) is 26.2 Å². The van der Waals surface area contributed by atoms with E-state index in [-0.39, 0.29) is 6.10 Å². The summed E-state index contributed by atoms with van der Waals surface area (Å²) in [6, 6.07) is 0. The molecular weight excluding hydrogens is 152 g/mol. The Labute approximate surface area is 76.3 Å². The van der Waals surface area contributed by atoms with Crippen molar-refractivity contribution in [2.24, 2.45) is 5.92 Å². The van der Waals surface area contributed by atoms with Crippen LogP contribution in [0.5, 0.6) is 0 Å². The van der Waals surface area contributed by atoms with Gasteiger partial charge in [0.15, 0.2) is 0 Å². The maximum absolute atomic E-state index is 5.53. The summed E-state index contributed by atoms with van der Waals surface area (Å²) in [6.07, 6.45) is 1.37. The molecular formula is C10H22O2. The lowest BCUT2D eigenvalue weighted by Crippen LogP contribution is -2.17. The van der Waals surface area contributed by atoms with Crippen LogP contribution in [0.15, 0.2) is 0 Å². The molecule has 0 amide bonds. The lowest BCUT2D eigenvalue weighted by atomic mass is 10.1. The molecule has 74 valence electrons. The van der Waals surface area contributed by atoms with Gasteiger partial charge in [-0.3, -0.25) is 0 Å². The van der Waals surface area contributed by atoms with E-state index in [1.165, 1.54) is 0 Å². The molecule has 0 N–H and O–H groups in total. The van der Waals surface area contributed by atoms with Crippen LogP contribution >= 0.6 is 0 Å². The van der Waals surface area contributed by atoms with Gasteiger partial charge >= 0.3 is 0 Å². The molecule has 12 heavy (non-hydrogen) atoms. The van der Waals surface area contributed by atoms with E-state index in [9.17, 15) is 0 Å². The van der Waals surface area contributed by atoms with Crippen molar-refractivity contribution < 1.29 is 9.47 Å². The van der Waals surface area contributed by atoms with Crippen LogP contribution in [0, 0.1) is 5.92 Å². The fourth-order valence-corrected chi connectivity index (χ4v) is 0.837. The van der Waals surface area contributed by atoms with Crippen molar-refractivity contribution in [3.63, 3.8) is 0 Å². The van der Waals surface area contributed by atoms with E-state index < -0.39 is 0 Å². The third kappa shape index (κ3) is 8.02. The van der Waals surface area contributed by atoms with Gasteiger partial charge in [-0.2, -0.15) is 0 Å². The first-order valence-corrected chi connectivity index (χ1v) is 4.86. The summed E-state index contributed by atoms with van der Waals surface area (Å²) in [5, 5.41) is 0. The molecule has 0 fully saturated rings. The molecule has 0 heterocycles. The van der Waals surface area contributed by atoms with Gasteiger partial charge in [-0.1, -0.05) is 13.8 Å². The highest BCUT2D eigenvalue weighted by Gasteiger charge is 2.01. The number of rotatable bonds is 7. The van der Waals surface area contributed by atoms with Crippen molar-refractivity contribution in [3.05, 3.63) is 0 Å². The van der Waals surface area contributed by atoms with Gasteiger partial charge in [-0.15, -0.1) is 0 Å². The van der Waals surface area contributed by atoms with E-state index in [2.05, 4.69) is 20.8 Å². The van der Waals surface area contributed by atoms with Gasteiger partial charge in [0, 0.05) is 13.2 Å². The third-order valence-corrected chi connectivity index (χ3v) is 1.65. The molecule has 0 aliphatic heterocycles. The van der Waals surface area contributed by atoms with Crippen molar-refractivity contribution in [1.82, 2.24) is 0 Å². The Hall–Kier alpha value is -0.0800. The van der Waals surface area contributed by atoms with E-state index in [0.717, 1.165) is 25.6 Å². The smallest absolute Gasteiger partial charge is 0.0780 e. The summed E-state index contributed by atoms with van der Waals surface area (Å²) in [6.45, 7) is 10.8. The summed E-state index contributed by atoms with van der Waals surface area (Å²) in [5.74, 6) is 0.726. The molecule has 0 aromatic carbocycles. The Morgan fingerprint density at radius 3 is 2.33 bits per heavy atom. The van der Waals surface area contributed by atoms with Crippen molar-refractivity contribution >= 4 is 0 Å². The Balaban J connectivity index is 3.13. The van der Waals surface area contributed by atoms with E-state index >= 15 is 0 Å². The average molecular weight is 174 g/mol. The first kappa shape index (κ1) is 11.9. The van der Waals surface area contributed by atoms with Crippen LogP contribution in [0.25, 0.3) is 0 Å². The second-order valence-corrected chi connectivity index (χ2v) is 3.52. The second-order valence-electron chi connectivity index (χ2n) is 3.52. The van der Waals surface area contributed by atoms with Gasteiger partial charge < -0.3 is 9.47 Å². The molecule has 0 aliphatic carbocycles. The second kappa shape index (κ2) is 7.56. The predicted octanol–water partition coefficient (Wildman–Crippen LogP) is 2.47. The fraction of sp³-hybridized carbons (Fsp3) is 1.00. The zero-order valence-corrected chi connectivity index (χ0v) is 8.80. The van der Waals surface area contributed by atoms with Crippen LogP contribution in [0.4, 0.5) is 0 Å². The van der Waals surface area contributed by atoms with Gasteiger partial charge in [0.1, 0.15) is 0 Å². The molecule has 2 heteroatoms. The van der Waals surface area contributed by atoms with Crippen LogP contribution in [0.2, 0.25) is 0 Å². The van der Waals surface area contributed by atoms with Crippen LogP contribution in [-0.4, -0.2) is 25.9 Å². The molecule has 1 atom stereocenters. The molecule has 0 rings (SSSR count). The van der Waals surface area contributed by atoms with E-state index in [4.69, 9.17) is 9.47 Å². The number of hydrogen-bond donors (Lipinski definition) is 0. The first-order valence-electron chi connectivity index (χ1n) is 4.86. The minimum Gasteiger partial charge on any atom is -0.379 e. The van der Waals surface area contributed by atoms with Crippen LogP contribution < -0.4 is 0 Å². The van der Waals surface area contributed by atoms with Crippen LogP contribution in [0.3, 0.4) is 0 Å². The molecule has 0 aliphatic rings. The fourth-order valence-electron chi connectivity index (χ4n) is 0.837. The van der Waals surface area contributed by atoms with Gasteiger partial charge in [0.2, 0.25) is 0 Å². The summed E-state index contributed by atoms with van der Waals surface area (Å²) in [4.78, 5) is 0. The average Bonchev–Trinajstić information content (AvgIpc) is 2.00. The Bertz CT molecular complexity index is 91.8. The SMILES string of the molecule is CCOCC(C)OCCC(C)C. The lowest BCUT2D eigenvalue weighted by Gasteiger charge is -2.13. The van der Waals surface area contributed by atoms with Gasteiger partial charge in [0.05, 0.1) is 12.7 Å². The minimum absolute atomic E-state index is 0.240. The number of hydrogen-bond acceptors (Lipinski definition) is 2. The van der Waals surface area contributed by atoms with Crippen molar-refractivity contribution in [3.8, 4) is 0 Å². The van der Waals surface area contributed by atoms with Gasteiger partial charge in [0.25, 0.3) is 0 Å². The normalized spacial score (nSPS) is 13.8. The highest BCUT2D eigenvalue weighted by atomic mass is 16.5. The van der Waals surface area contributed by atoms with Gasteiger partial charge in [-0.25, -0.2) is 0 Å². The molecule has 0 saturated heterocycles. The summed E-state index contributed by atoms with van der Waals surface area (Å²) >= 11 is 0. The topological polar surface area (TPSA) is 18.5 Å². The molecule has 0 spiro atoms. The molecule has 2 nitrogen and oxygen atoms in total.